The van der Waals surface area contributed by atoms with Crippen LogP contribution in [0.25, 0.3) is 0 Å². The minimum absolute atomic E-state index is 0.344. The van der Waals surface area contributed by atoms with E-state index >= 15 is 0 Å². The number of benzene rings is 1. The molecular weight excluding hydrogens is 391 g/mol. The highest BCUT2D eigenvalue weighted by atomic mass is 127. The first kappa shape index (κ1) is 15.1. The molecule has 1 aromatic rings. The van der Waals surface area contributed by atoms with E-state index in [0.717, 1.165) is 20.5 Å². The Kier molecular flexibility index (Phi) is 3.70. The third-order valence-corrected chi connectivity index (χ3v) is 4.26. The van der Waals surface area contributed by atoms with E-state index in [1.165, 1.54) is 0 Å². The Balaban J connectivity index is 2.11. The molecule has 0 saturated heterocycles. The number of nitriles is 1. The number of hydrogen-bond acceptors (Lipinski definition) is 5. The molecule has 5 nitrogen and oxygen atoms in total. The Labute approximate surface area is 142 Å². The first-order valence-corrected chi connectivity index (χ1v) is 7.90. The maximum Gasteiger partial charge on any atom is 0.144 e. The van der Waals surface area contributed by atoms with Crippen LogP contribution in [0.1, 0.15) is 13.8 Å². The Morgan fingerprint density at radius 1 is 1.36 bits per heavy atom. The molecule has 6 heteroatoms. The number of halogens is 1. The lowest BCUT2D eigenvalue weighted by Crippen LogP contribution is -2.39. The minimum Gasteiger partial charge on any atom is -0.383 e. The van der Waals surface area contributed by atoms with Crippen LogP contribution >= 0.6 is 22.6 Å². The molecule has 0 bridgehead atoms. The average molecular weight is 406 g/mol. The summed E-state index contributed by atoms with van der Waals surface area (Å²) >= 11 is 2.24. The minimum atomic E-state index is -0.429. The lowest BCUT2D eigenvalue weighted by Gasteiger charge is -2.34. The number of ether oxygens (including phenoxy) is 1. The molecule has 0 unspecified atom stereocenters. The van der Waals surface area contributed by atoms with Gasteiger partial charge in [-0.1, -0.05) is 0 Å². The van der Waals surface area contributed by atoms with Gasteiger partial charge in [-0.05, 0) is 66.8 Å². The van der Waals surface area contributed by atoms with Crippen molar-refractivity contribution < 1.29 is 4.74 Å². The second-order valence-electron chi connectivity index (χ2n) is 5.66. The van der Waals surface area contributed by atoms with Gasteiger partial charge in [0.25, 0.3) is 0 Å². The van der Waals surface area contributed by atoms with Gasteiger partial charge >= 0.3 is 0 Å². The Bertz CT molecular complexity index is 753. The van der Waals surface area contributed by atoms with Crippen molar-refractivity contribution in [3.05, 3.63) is 50.9 Å². The van der Waals surface area contributed by atoms with Gasteiger partial charge in [0.15, 0.2) is 0 Å². The lowest BCUT2D eigenvalue weighted by molar-refractivity contribution is 0.0409. The number of nitrogens with zero attached hydrogens (tertiary/aromatic N) is 3. The predicted octanol–water partition coefficient (Wildman–Crippen LogP) is 2.90. The molecule has 112 valence electrons. The van der Waals surface area contributed by atoms with Crippen molar-refractivity contribution in [1.82, 2.24) is 0 Å². The normalized spacial score (nSPS) is 20.0. The summed E-state index contributed by atoms with van der Waals surface area (Å²) in [5.41, 5.74) is 8.53. The van der Waals surface area contributed by atoms with Gasteiger partial charge in [0.2, 0.25) is 0 Å². The van der Waals surface area contributed by atoms with E-state index in [4.69, 9.17) is 10.5 Å². The van der Waals surface area contributed by atoms with Crippen LogP contribution in [-0.2, 0) is 4.74 Å². The van der Waals surface area contributed by atoms with Gasteiger partial charge in [0, 0.05) is 9.14 Å². The molecule has 2 N–H and O–H groups in total. The summed E-state index contributed by atoms with van der Waals surface area (Å²) in [4.78, 5) is 0. The molecule has 3 rings (SSSR count). The molecule has 2 heterocycles. The van der Waals surface area contributed by atoms with Crippen LogP contribution in [0.2, 0.25) is 0 Å². The number of hydrazone groups is 1. The summed E-state index contributed by atoms with van der Waals surface area (Å²) in [5, 5.41) is 15.7. The molecule has 22 heavy (non-hydrogen) atoms. The maximum absolute atomic E-state index is 9.53. The van der Waals surface area contributed by atoms with Crippen molar-refractivity contribution in [2.45, 2.75) is 19.4 Å². The largest absolute Gasteiger partial charge is 0.383 e. The highest BCUT2D eigenvalue weighted by Gasteiger charge is 2.33. The van der Waals surface area contributed by atoms with Gasteiger partial charge < -0.3 is 10.5 Å². The van der Waals surface area contributed by atoms with Gasteiger partial charge in [-0.25, -0.2) is 5.01 Å². The van der Waals surface area contributed by atoms with Crippen LogP contribution in [0.15, 0.2) is 52.4 Å². The second-order valence-corrected chi connectivity index (χ2v) is 6.90. The van der Waals surface area contributed by atoms with Crippen molar-refractivity contribution in [1.29, 1.82) is 5.26 Å². The number of anilines is 1. The van der Waals surface area contributed by atoms with Gasteiger partial charge in [0.1, 0.15) is 17.5 Å². The van der Waals surface area contributed by atoms with E-state index in [2.05, 4.69) is 33.8 Å². The summed E-state index contributed by atoms with van der Waals surface area (Å²) in [6.07, 6.45) is 1.91. The standard InChI is InChI=1S/C16H15IN4O/c1-16(2)7-12-13(8-18)15(19)21(20-14(12)9-22-16)11-5-3-10(17)4-6-11/h3-7H,9,19H2,1-2H3. The fourth-order valence-corrected chi connectivity index (χ4v) is 2.78. The van der Waals surface area contributed by atoms with Gasteiger partial charge in [-0.2, -0.15) is 10.4 Å². The second kappa shape index (κ2) is 5.41. The Hall–Kier alpha value is -1.85. The van der Waals surface area contributed by atoms with Gasteiger partial charge in [0.05, 0.1) is 23.6 Å². The van der Waals surface area contributed by atoms with E-state index in [-0.39, 0.29) is 0 Å². The summed E-state index contributed by atoms with van der Waals surface area (Å²) in [7, 11) is 0. The zero-order valence-corrected chi connectivity index (χ0v) is 14.5. The van der Waals surface area contributed by atoms with Crippen LogP contribution < -0.4 is 10.7 Å². The molecule has 0 atom stereocenters. The van der Waals surface area contributed by atoms with E-state index in [1.807, 2.05) is 44.2 Å². The van der Waals surface area contributed by atoms with Crippen molar-refractivity contribution >= 4 is 34.0 Å². The SMILES string of the molecule is CC1(C)C=C2C(=NN(c3ccc(I)cc3)C(N)=C2C#N)CO1. The maximum atomic E-state index is 9.53. The molecule has 0 radical (unpaired) electrons. The molecule has 2 aliphatic heterocycles. The van der Waals surface area contributed by atoms with Crippen molar-refractivity contribution in [3.8, 4) is 6.07 Å². The van der Waals surface area contributed by atoms with E-state index in [0.29, 0.717) is 18.0 Å². The lowest BCUT2D eigenvalue weighted by atomic mass is 9.92. The molecular formula is C16H15IN4O. The van der Waals surface area contributed by atoms with Crippen LogP contribution in [0.3, 0.4) is 0 Å². The van der Waals surface area contributed by atoms with E-state index < -0.39 is 5.60 Å². The monoisotopic (exact) mass is 406 g/mol. The Morgan fingerprint density at radius 3 is 2.68 bits per heavy atom. The number of fused-ring (bicyclic) bond motifs is 1. The van der Waals surface area contributed by atoms with Crippen LogP contribution in [-0.4, -0.2) is 17.9 Å². The average Bonchev–Trinajstić information content (AvgIpc) is 2.47. The van der Waals surface area contributed by atoms with Gasteiger partial charge in [-0.15, -0.1) is 0 Å². The van der Waals surface area contributed by atoms with Crippen LogP contribution in [0.4, 0.5) is 5.69 Å². The summed E-state index contributed by atoms with van der Waals surface area (Å²) in [5.74, 6) is 0.344. The van der Waals surface area contributed by atoms with Gasteiger partial charge in [-0.3, -0.25) is 0 Å². The molecule has 0 aromatic heterocycles. The molecule has 2 aliphatic rings. The predicted molar refractivity (Wildman–Crippen MR) is 94.0 cm³/mol. The van der Waals surface area contributed by atoms with Crippen molar-refractivity contribution in [2.75, 3.05) is 11.6 Å². The smallest absolute Gasteiger partial charge is 0.144 e. The van der Waals surface area contributed by atoms with E-state index in [9.17, 15) is 5.26 Å². The number of nitrogens with two attached hydrogens (primary N) is 1. The summed E-state index contributed by atoms with van der Waals surface area (Å²) in [6, 6.07) is 10.0. The highest BCUT2D eigenvalue weighted by molar-refractivity contribution is 14.1. The van der Waals surface area contributed by atoms with Crippen LogP contribution in [0, 0.1) is 14.9 Å². The third kappa shape index (κ3) is 2.62. The topological polar surface area (TPSA) is 74.6 Å². The molecule has 0 amide bonds. The van der Waals surface area contributed by atoms with Crippen molar-refractivity contribution in [3.63, 3.8) is 0 Å². The zero-order chi connectivity index (χ0) is 15.9. The summed E-state index contributed by atoms with van der Waals surface area (Å²) in [6.45, 7) is 4.26. The first-order chi connectivity index (χ1) is 10.4. The molecule has 0 aliphatic carbocycles. The third-order valence-electron chi connectivity index (χ3n) is 3.54. The number of allylic oxidation sites excluding steroid dienone is 1. The highest BCUT2D eigenvalue weighted by Crippen LogP contribution is 2.32. The van der Waals surface area contributed by atoms with Crippen LogP contribution in [0.5, 0.6) is 0 Å². The Morgan fingerprint density at radius 2 is 2.05 bits per heavy atom. The fourth-order valence-electron chi connectivity index (χ4n) is 2.42. The van der Waals surface area contributed by atoms with Crippen molar-refractivity contribution in [2.24, 2.45) is 10.8 Å². The number of hydrogen-bond donors (Lipinski definition) is 1. The quantitative estimate of drug-likeness (QED) is 0.728. The molecule has 0 spiro atoms. The molecule has 0 fully saturated rings. The molecule has 0 saturated carbocycles. The molecule has 1 aromatic carbocycles. The fraction of sp³-hybridized carbons (Fsp3) is 0.250. The first-order valence-electron chi connectivity index (χ1n) is 6.82. The van der Waals surface area contributed by atoms with E-state index in [1.54, 1.807) is 5.01 Å². The zero-order valence-electron chi connectivity index (χ0n) is 12.3. The summed E-state index contributed by atoms with van der Waals surface area (Å²) < 4.78 is 6.88. The number of rotatable bonds is 1.